The zero-order valence-electron chi connectivity index (χ0n) is 16.5. The second-order valence-electron chi connectivity index (χ2n) is 6.42. The molecule has 0 fully saturated rings. The maximum atomic E-state index is 11.6. The van der Waals surface area contributed by atoms with Crippen molar-refractivity contribution in [1.82, 2.24) is 15.5 Å². The predicted octanol–water partition coefficient (Wildman–Crippen LogP) is 2.71. The van der Waals surface area contributed by atoms with Crippen molar-refractivity contribution in [3.63, 3.8) is 0 Å². The number of nitrogens with zero attached hydrogens (tertiary/aromatic N) is 2. The van der Waals surface area contributed by atoms with Crippen molar-refractivity contribution >= 4 is 23.5 Å². The van der Waals surface area contributed by atoms with Gasteiger partial charge >= 0.3 is 0 Å². The highest BCUT2D eigenvalue weighted by atomic mass is 35.5. The quantitative estimate of drug-likeness (QED) is 0.526. The Bertz CT molecular complexity index is 808. The normalized spacial score (nSPS) is 11.1. The zero-order valence-corrected chi connectivity index (χ0v) is 17.3. The van der Waals surface area contributed by atoms with Gasteiger partial charge in [0, 0.05) is 39.3 Å². The Kier molecular flexibility index (Phi) is 8.62. The number of guanidine groups is 1. The van der Waals surface area contributed by atoms with Crippen LogP contribution in [0.4, 0.5) is 0 Å². The number of hydrogen-bond acceptors (Lipinski definition) is 3. The first-order valence-corrected chi connectivity index (χ1v) is 9.47. The van der Waals surface area contributed by atoms with Crippen molar-refractivity contribution in [3.8, 4) is 5.75 Å². The Morgan fingerprint density at radius 1 is 1.14 bits per heavy atom. The average molecular weight is 403 g/mol. The van der Waals surface area contributed by atoms with Crippen molar-refractivity contribution in [2.75, 3.05) is 34.3 Å². The molecule has 0 atom stereocenters. The number of benzene rings is 2. The Hall–Kier alpha value is -2.73. The summed E-state index contributed by atoms with van der Waals surface area (Å²) in [5.41, 5.74) is 2.13. The van der Waals surface area contributed by atoms with Crippen LogP contribution in [-0.4, -0.2) is 51.1 Å². The first-order chi connectivity index (χ1) is 13.5. The number of amides is 1. The smallest absolute Gasteiger partial charge is 0.259 e. The van der Waals surface area contributed by atoms with Crippen LogP contribution in [0.5, 0.6) is 5.75 Å². The summed E-state index contributed by atoms with van der Waals surface area (Å²) in [7, 11) is 5.14. The van der Waals surface area contributed by atoms with Crippen LogP contribution in [0.1, 0.15) is 11.1 Å². The van der Waals surface area contributed by atoms with Crippen molar-refractivity contribution in [2.24, 2.45) is 4.99 Å². The van der Waals surface area contributed by atoms with E-state index in [9.17, 15) is 4.79 Å². The van der Waals surface area contributed by atoms with Crippen molar-refractivity contribution in [2.45, 2.75) is 13.0 Å². The largest absolute Gasteiger partial charge is 0.484 e. The molecule has 0 bridgehead atoms. The summed E-state index contributed by atoms with van der Waals surface area (Å²) < 4.78 is 5.55. The molecule has 2 rings (SSSR count). The minimum atomic E-state index is -0.0772. The lowest BCUT2D eigenvalue weighted by molar-refractivity contribution is -0.130. The van der Waals surface area contributed by atoms with Gasteiger partial charge < -0.3 is 20.3 Å². The van der Waals surface area contributed by atoms with Crippen LogP contribution in [-0.2, 0) is 17.8 Å². The van der Waals surface area contributed by atoms with Gasteiger partial charge in [0.2, 0.25) is 0 Å². The molecule has 2 aromatic carbocycles. The minimum absolute atomic E-state index is 0.0230. The highest BCUT2D eigenvalue weighted by Crippen LogP contribution is 2.15. The fraction of sp³-hybridized carbons (Fsp3) is 0.333. The molecule has 7 heteroatoms. The lowest BCUT2D eigenvalue weighted by Gasteiger charge is -2.14. The second-order valence-corrected chi connectivity index (χ2v) is 6.83. The Morgan fingerprint density at radius 3 is 2.64 bits per heavy atom. The van der Waals surface area contributed by atoms with Crippen molar-refractivity contribution in [3.05, 3.63) is 64.7 Å². The molecule has 0 aliphatic carbocycles. The van der Waals surface area contributed by atoms with Gasteiger partial charge in [0.25, 0.3) is 5.91 Å². The standard InChI is InChI=1S/C21H27ClN4O2/c1-23-21(24-12-11-17-8-4-5-10-19(17)22)25-14-16-7-6-9-18(13-16)28-15-20(27)26(2)3/h4-10,13H,11-12,14-15H2,1-3H3,(H2,23,24,25). The number of aliphatic imine (C=N–C) groups is 1. The van der Waals surface area contributed by atoms with Crippen LogP contribution in [0.25, 0.3) is 0 Å². The van der Waals surface area contributed by atoms with Crippen LogP contribution < -0.4 is 15.4 Å². The summed E-state index contributed by atoms with van der Waals surface area (Å²) in [6.07, 6.45) is 0.809. The van der Waals surface area contributed by atoms with E-state index in [1.54, 1.807) is 21.1 Å². The van der Waals surface area contributed by atoms with E-state index in [0.29, 0.717) is 18.3 Å². The van der Waals surface area contributed by atoms with E-state index in [1.807, 2.05) is 48.5 Å². The van der Waals surface area contributed by atoms with Crippen molar-refractivity contribution in [1.29, 1.82) is 0 Å². The summed E-state index contributed by atoms with van der Waals surface area (Å²) in [5.74, 6) is 1.30. The fourth-order valence-electron chi connectivity index (χ4n) is 2.44. The molecule has 1 amide bonds. The molecule has 0 spiro atoms. The number of halogens is 1. The maximum absolute atomic E-state index is 11.6. The summed E-state index contributed by atoms with van der Waals surface area (Å²) >= 11 is 6.18. The van der Waals surface area contributed by atoms with Gasteiger partial charge in [-0.15, -0.1) is 0 Å². The molecule has 28 heavy (non-hydrogen) atoms. The van der Waals surface area contributed by atoms with Crippen LogP contribution >= 0.6 is 11.6 Å². The molecule has 6 nitrogen and oxygen atoms in total. The second kappa shape index (κ2) is 11.2. The highest BCUT2D eigenvalue weighted by Gasteiger charge is 2.06. The average Bonchev–Trinajstić information content (AvgIpc) is 2.70. The molecule has 0 radical (unpaired) electrons. The maximum Gasteiger partial charge on any atom is 0.259 e. The number of hydrogen-bond donors (Lipinski definition) is 2. The Morgan fingerprint density at radius 2 is 1.93 bits per heavy atom. The van der Waals surface area contributed by atoms with Crippen molar-refractivity contribution < 1.29 is 9.53 Å². The van der Waals surface area contributed by atoms with Gasteiger partial charge in [-0.25, -0.2) is 0 Å². The van der Waals surface area contributed by atoms with E-state index in [2.05, 4.69) is 15.6 Å². The molecule has 2 aromatic rings. The lowest BCUT2D eigenvalue weighted by Crippen LogP contribution is -2.37. The van der Waals surface area contributed by atoms with Crippen LogP contribution in [0.15, 0.2) is 53.5 Å². The van der Waals surface area contributed by atoms with E-state index in [4.69, 9.17) is 16.3 Å². The predicted molar refractivity (Wildman–Crippen MR) is 114 cm³/mol. The van der Waals surface area contributed by atoms with Gasteiger partial charge in [0.1, 0.15) is 5.75 Å². The van der Waals surface area contributed by atoms with E-state index < -0.39 is 0 Å². The first kappa shape index (κ1) is 21.6. The topological polar surface area (TPSA) is 66.0 Å². The van der Waals surface area contributed by atoms with Gasteiger partial charge in [0.05, 0.1) is 0 Å². The molecular weight excluding hydrogens is 376 g/mol. The minimum Gasteiger partial charge on any atom is -0.484 e. The van der Waals surface area contributed by atoms with E-state index in [1.165, 1.54) is 4.90 Å². The van der Waals surface area contributed by atoms with Gasteiger partial charge in [0.15, 0.2) is 12.6 Å². The summed E-state index contributed by atoms with van der Waals surface area (Å²) in [5, 5.41) is 7.33. The van der Waals surface area contributed by atoms with Crippen LogP contribution in [0.3, 0.4) is 0 Å². The van der Waals surface area contributed by atoms with E-state index in [-0.39, 0.29) is 12.5 Å². The highest BCUT2D eigenvalue weighted by molar-refractivity contribution is 6.31. The molecule has 0 aliphatic rings. The SMILES string of the molecule is CN=C(NCCc1ccccc1Cl)NCc1cccc(OCC(=O)N(C)C)c1. The number of nitrogens with one attached hydrogen (secondary N) is 2. The summed E-state index contributed by atoms with van der Waals surface area (Å²) in [6.45, 7) is 1.33. The fourth-order valence-corrected chi connectivity index (χ4v) is 2.67. The third-order valence-electron chi connectivity index (χ3n) is 4.09. The Balaban J connectivity index is 1.80. The molecular formula is C21H27ClN4O2. The molecule has 0 saturated heterocycles. The number of carbonyl (C=O) groups is 1. The van der Waals surface area contributed by atoms with Crippen LogP contribution in [0, 0.1) is 0 Å². The Labute approximate surface area is 171 Å². The first-order valence-electron chi connectivity index (χ1n) is 9.09. The number of carbonyl (C=O) groups excluding carboxylic acids is 1. The monoisotopic (exact) mass is 402 g/mol. The van der Waals surface area contributed by atoms with Gasteiger partial charge in [-0.1, -0.05) is 41.9 Å². The summed E-state index contributed by atoms with van der Waals surface area (Å²) in [4.78, 5) is 17.4. The van der Waals surface area contributed by atoms with Gasteiger partial charge in [-0.3, -0.25) is 9.79 Å². The molecule has 0 unspecified atom stereocenters. The molecule has 0 heterocycles. The van der Waals surface area contributed by atoms with Gasteiger partial charge in [-0.05, 0) is 35.7 Å². The van der Waals surface area contributed by atoms with Crippen LogP contribution in [0.2, 0.25) is 5.02 Å². The van der Waals surface area contributed by atoms with E-state index >= 15 is 0 Å². The molecule has 0 aromatic heterocycles. The zero-order chi connectivity index (χ0) is 20.4. The third-order valence-corrected chi connectivity index (χ3v) is 4.46. The summed E-state index contributed by atoms with van der Waals surface area (Å²) in [6, 6.07) is 15.5. The number of likely N-dealkylation sites (N-methyl/N-ethyl adjacent to an activating group) is 1. The molecule has 2 N–H and O–H groups in total. The van der Waals surface area contributed by atoms with E-state index in [0.717, 1.165) is 29.1 Å². The lowest BCUT2D eigenvalue weighted by atomic mass is 10.1. The third kappa shape index (κ3) is 7.12. The number of rotatable bonds is 8. The molecule has 0 saturated carbocycles. The van der Waals surface area contributed by atoms with Gasteiger partial charge in [-0.2, -0.15) is 0 Å². The molecule has 0 aliphatic heterocycles. The number of ether oxygens (including phenoxy) is 1. The molecule has 150 valence electrons.